The van der Waals surface area contributed by atoms with E-state index in [0.717, 1.165) is 35.8 Å². The first-order valence-corrected chi connectivity index (χ1v) is 9.70. The van der Waals surface area contributed by atoms with Crippen LogP contribution in [-0.2, 0) is 17.9 Å². The first-order valence-electron chi connectivity index (χ1n) is 8.82. The highest BCUT2D eigenvalue weighted by Gasteiger charge is 2.25. The van der Waals surface area contributed by atoms with Crippen LogP contribution in [0, 0.1) is 0 Å². The van der Waals surface area contributed by atoms with E-state index in [1.54, 1.807) is 11.3 Å². The van der Waals surface area contributed by atoms with Crippen LogP contribution >= 0.6 is 11.3 Å². The van der Waals surface area contributed by atoms with Gasteiger partial charge in [-0.15, -0.1) is 11.3 Å². The van der Waals surface area contributed by atoms with E-state index in [2.05, 4.69) is 17.5 Å². The molecule has 0 fully saturated rings. The van der Waals surface area contributed by atoms with Gasteiger partial charge in [0.25, 0.3) is 5.91 Å². The summed E-state index contributed by atoms with van der Waals surface area (Å²) in [6, 6.07) is 15.7. The summed E-state index contributed by atoms with van der Waals surface area (Å²) in [5.41, 5.74) is 2.06. The van der Waals surface area contributed by atoms with Gasteiger partial charge in [-0.05, 0) is 43.0 Å². The van der Waals surface area contributed by atoms with Gasteiger partial charge < -0.3 is 9.64 Å². The fourth-order valence-corrected chi connectivity index (χ4v) is 3.89. The summed E-state index contributed by atoms with van der Waals surface area (Å²) in [5.74, 6) is 0.731. The Kier molecular flexibility index (Phi) is 4.75. The summed E-state index contributed by atoms with van der Waals surface area (Å²) in [6.07, 6.45) is 0.381. The maximum Gasteiger partial charge on any atom is 0.263 e. The molecule has 0 saturated heterocycles. The van der Waals surface area contributed by atoms with Gasteiger partial charge in [-0.25, -0.2) is 0 Å². The summed E-state index contributed by atoms with van der Waals surface area (Å²) in [6.45, 7) is 3.94. The van der Waals surface area contributed by atoms with Gasteiger partial charge >= 0.3 is 0 Å². The Hall–Kier alpha value is -2.60. The highest BCUT2D eigenvalue weighted by molar-refractivity contribution is 7.13. The number of aromatic nitrogens is 2. The summed E-state index contributed by atoms with van der Waals surface area (Å²) in [7, 11) is 0. The Morgan fingerprint density at radius 3 is 2.81 bits per heavy atom. The number of hydrogen-bond acceptors (Lipinski definition) is 4. The van der Waals surface area contributed by atoms with Crippen molar-refractivity contribution in [2.45, 2.75) is 32.5 Å². The Morgan fingerprint density at radius 1 is 1.19 bits per heavy atom. The molecule has 0 aliphatic carbocycles. The Labute approximate surface area is 156 Å². The summed E-state index contributed by atoms with van der Waals surface area (Å²) in [5, 5.41) is 6.77. The molecule has 0 spiro atoms. The molecular formula is C20H21N3O2S. The van der Waals surface area contributed by atoms with Crippen molar-refractivity contribution in [2.75, 3.05) is 6.54 Å². The van der Waals surface area contributed by atoms with E-state index in [4.69, 9.17) is 9.84 Å². The molecule has 6 heteroatoms. The Bertz CT molecular complexity index is 874. The number of aryl methyl sites for hydroxylation is 1. The first kappa shape index (κ1) is 16.8. The minimum atomic E-state index is -0.511. The SMILES string of the molecule is CC(Oc1ccccc1)C(=O)N1CCCn2nc(-c3cccs3)cc2C1. The molecule has 2 aromatic heterocycles. The van der Waals surface area contributed by atoms with Crippen LogP contribution in [0.4, 0.5) is 0 Å². The number of benzene rings is 1. The van der Waals surface area contributed by atoms with Gasteiger partial charge in [0.1, 0.15) is 11.4 Å². The van der Waals surface area contributed by atoms with E-state index in [1.165, 1.54) is 0 Å². The molecule has 3 aromatic rings. The van der Waals surface area contributed by atoms with Crippen molar-refractivity contribution in [3.05, 3.63) is 59.6 Å². The number of thiophene rings is 1. The zero-order valence-corrected chi connectivity index (χ0v) is 15.5. The number of amides is 1. The number of para-hydroxylation sites is 1. The molecule has 5 nitrogen and oxygen atoms in total. The number of carbonyl (C=O) groups is 1. The average molecular weight is 367 g/mol. The normalized spacial score (nSPS) is 15.2. The second kappa shape index (κ2) is 7.33. The zero-order chi connectivity index (χ0) is 17.9. The molecule has 1 unspecified atom stereocenters. The first-order chi connectivity index (χ1) is 12.7. The van der Waals surface area contributed by atoms with Gasteiger partial charge in [0.2, 0.25) is 0 Å². The van der Waals surface area contributed by atoms with Crippen molar-refractivity contribution in [3.8, 4) is 16.3 Å². The maximum atomic E-state index is 12.9. The molecule has 1 aromatic carbocycles. The number of ether oxygens (including phenoxy) is 1. The fourth-order valence-electron chi connectivity index (χ4n) is 3.21. The third kappa shape index (κ3) is 3.51. The summed E-state index contributed by atoms with van der Waals surface area (Å²) >= 11 is 1.68. The molecule has 0 radical (unpaired) electrons. The second-order valence-corrected chi connectivity index (χ2v) is 7.36. The van der Waals surface area contributed by atoms with Crippen LogP contribution in [0.1, 0.15) is 19.0 Å². The molecule has 0 saturated carbocycles. The van der Waals surface area contributed by atoms with Gasteiger partial charge in [0.05, 0.1) is 17.1 Å². The van der Waals surface area contributed by atoms with Crippen LogP contribution in [0.25, 0.3) is 10.6 Å². The lowest BCUT2D eigenvalue weighted by atomic mass is 10.2. The highest BCUT2D eigenvalue weighted by Crippen LogP contribution is 2.26. The number of rotatable bonds is 4. The second-order valence-electron chi connectivity index (χ2n) is 6.41. The van der Waals surface area contributed by atoms with E-state index in [0.29, 0.717) is 12.3 Å². The molecule has 1 aliphatic heterocycles. The lowest BCUT2D eigenvalue weighted by Gasteiger charge is -2.24. The van der Waals surface area contributed by atoms with Crippen LogP contribution < -0.4 is 4.74 Å². The van der Waals surface area contributed by atoms with Crippen LogP contribution in [0.15, 0.2) is 53.9 Å². The third-order valence-electron chi connectivity index (χ3n) is 4.50. The molecule has 1 aliphatic rings. The monoisotopic (exact) mass is 367 g/mol. The molecule has 134 valence electrons. The molecule has 26 heavy (non-hydrogen) atoms. The number of nitrogens with zero attached hydrogens (tertiary/aromatic N) is 3. The topological polar surface area (TPSA) is 47.4 Å². The van der Waals surface area contributed by atoms with Crippen molar-refractivity contribution in [2.24, 2.45) is 0 Å². The van der Waals surface area contributed by atoms with Gasteiger partial charge in [0, 0.05) is 13.1 Å². The van der Waals surface area contributed by atoms with Crippen LogP contribution in [0.3, 0.4) is 0 Å². The van der Waals surface area contributed by atoms with Gasteiger partial charge in [-0.1, -0.05) is 24.3 Å². The Balaban J connectivity index is 1.48. The largest absolute Gasteiger partial charge is 0.481 e. The lowest BCUT2D eigenvalue weighted by molar-refractivity contribution is -0.138. The van der Waals surface area contributed by atoms with E-state index in [1.807, 2.05) is 52.9 Å². The molecule has 4 rings (SSSR count). The third-order valence-corrected chi connectivity index (χ3v) is 5.40. The van der Waals surface area contributed by atoms with Crippen molar-refractivity contribution in [1.82, 2.24) is 14.7 Å². The standard InChI is InChI=1S/C20H21N3O2S/c1-15(25-17-7-3-2-4-8-17)20(24)22-10-6-11-23-16(14-22)13-18(21-23)19-9-5-12-26-19/h2-5,7-9,12-13,15H,6,10-11,14H2,1H3. The van der Waals surface area contributed by atoms with Gasteiger partial charge in [-0.3, -0.25) is 9.48 Å². The smallest absolute Gasteiger partial charge is 0.263 e. The fraction of sp³-hybridized carbons (Fsp3) is 0.300. The predicted octanol–water partition coefficient (Wildman–Crippen LogP) is 3.81. The quantitative estimate of drug-likeness (QED) is 0.704. The molecule has 3 heterocycles. The number of hydrogen-bond donors (Lipinski definition) is 0. The molecule has 0 bridgehead atoms. The summed E-state index contributed by atoms with van der Waals surface area (Å²) in [4.78, 5) is 15.9. The molecular weight excluding hydrogens is 346 g/mol. The van der Waals surface area contributed by atoms with Crippen molar-refractivity contribution < 1.29 is 9.53 Å². The molecule has 1 atom stereocenters. The van der Waals surface area contributed by atoms with E-state index < -0.39 is 6.10 Å². The van der Waals surface area contributed by atoms with Gasteiger partial charge in [-0.2, -0.15) is 5.10 Å². The van der Waals surface area contributed by atoms with Crippen molar-refractivity contribution in [1.29, 1.82) is 0 Å². The number of fused-ring (bicyclic) bond motifs is 1. The van der Waals surface area contributed by atoms with Gasteiger partial charge in [0.15, 0.2) is 6.10 Å². The van der Waals surface area contributed by atoms with E-state index >= 15 is 0 Å². The zero-order valence-electron chi connectivity index (χ0n) is 14.7. The molecule has 0 N–H and O–H groups in total. The average Bonchev–Trinajstić information content (AvgIpc) is 3.28. The van der Waals surface area contributed by atoms with Crippen LogP contribution in [0.2, 0.25) is 0 Å². The van der Waals surface area contributed by atoms with Crippen LogP contribution in [-0.4, -0.2) is 33.2 Å². The lowest BCUT2D eigenvalue weighted by Crippen LogP contribution is -2.40. The summed E-state index contributed by atoms with van der Waals surface area (Å²) < 4.78 is 7.84. The maximum absolute atomic E-state index is 12.9. The highest BCUT2D eigenvalue weighted by atomic mass is 32.1. The predicted molar refractivity (Wildman–Crippen MR) is 102 cm³/mol. The number of carbonyl (C=O) groups excluding carboxylic acids is 1. The minimum absolute atomic E-state index is 0.0150. The Morgan fingerprint density at radius 2 is 2.04 bits per heavy atom. The van der Waals surface area contributed by atoms with Crippen LogP contribution in [0.5, 0.6) is 5.75 Å². The van der Waals surface area contributed by atoms with E-state index in [9.17, 15) is 4.79 Å². The van der Waals surface area contributed by atoms with Crippen molar-refractivity contribution >= 4 is 17.2 Å². The minimum Gasteiger partial charge on any atom is -0.481 e. The van der Waals surface area contributed by atoms with E-state index in [-0.39, 0.29) is 5.91 Å². The van der Waals surface area contributed by atoms with Crippen molar-refractivity contribution in [3.63, 3.8) is 0 Å². The molecule has 1 amide bonds.